The van der Waals surface area contributed by atoms with Gasteiger partial charge in [-0.15, -0.1) is 0 Å². The molecule has 2 fully saturated rings. The van der Waals surface area contributed by atoms with E-state index in [1.165, 1.54) is 18.3 Å². The molecule has 0 spiro atoms. The highest BCUT2D eigenvalue weighted by Crippen LogP contribution is 2.31. The minimum Gasteiger partial charge on any atom is -0.341 e. The summed E-state index contributed by atoms with van der Waals surface area (Å²) in [6.07, 6.45) is 2.34. The van der Waals surface area contributed by atoms with Crippen molar-refractivity contribution in [2.24, 2.45) is 5.92 Å². The van der Waals surface area contributed by atoms with Crippen LogP contribution in [0, 0.1) is 11.7 Å². The van der Waals surface area contributed by atoms with Crippen LogP contribution in [0.5, 0.6) is 0 Å². The van der Waals surface area contributed by atoms with Crippen LogP contribution in [-0.2, 0) is 17.5 Å². The van der Waals surface area contributed by atoms with E-state index in [1.54, 1.807) is 18.3 Å². The normalized spacial score (nSPS) is 17.5. The fraction of sp³-hybridized carbons (Fsp3) is 0.308. The van der Waals surface area contributed by atoms with Gasteiger partial charge in [0.25, 0.3) is 11.1 Å². The van der Waals surface area contributed by atoms with E-state index >= 15 is 0 Å². The average molecular weight is 574 g/mol. The number of rotatable bonds is 7. The monoisotopic (exact) mass is 573 g/mol. The largest absolute Gasteiger partial charge is 0.433 e. The maximum absolute atomic E-state index is 14.2. The van der Waals surface area contributed by atoms with Crippen molar-refractivity contribution in [2.45, 2.75) is 25.6 Å². The summed E-state index contributed by atoms with van der Waals surface area (Å²) in [5.41, 5.74) is -0.362. The van der Waals surface area contributed by atoms with Crippen molar-refractivity contribution in [1.82, 2.24) is 30.6 Å². The van der Waals surface area contributed by atoms with E-state index in [0.717, 1.165) is 36.9 Å². The second kappa shape index (κ2) is 11.7. The number of anilines is 1. The molecule has 0 aromatic carbocycles. The van der Waals surface area contributed by atoms with Crippen molar-refractivity contribution in [3.8, 4) is 11.3 Å². The van der Waals surface area contributed by atoms with Crippen LogP contribution in [-0.4, -0.2) is 50.7 Å². The zero-order valence-corrected chi connectivity index (χ0v) is 21.7. The summed E-state index contributed by atoms with van der Waals surface area (Å²) in [6, 6.07) is 5.37. The Hall–Kier alpha value is -3.91. The lowest BCUT2D eigenvalue weighted by Crippen LogP contribution is -2.38. The lowest BCUT2D eigenvalue weighted by atomic mass is 9.97. The third kappa shape index (κ3) is 6.62. The van der Waals surface area contributed by atoms with Crippen LogP contribution in [0.25, 0.3) is 17.3 Å². The molecular formula is C26H23F4N7O2S. The highest BCUT2D eigenvalue weighted by molar-refractivity contribution is 8.18. The van der Waals surface area contributed by atoms with Gasteiger partial charge in [0.05, 0.1) is 22.5 Å². The molecule has 0 unspecified atom stereocenters. The maximum Gasteiger partial charge on any atom is 0.433 e. The number of thioether (sulfide) groups is 1. The van der Waals surface area contributed by atoms with Gasteiger partial charge < -0.3 is 10.2 Å². The standard InChI is InChI=1S/C26H23F4N7O2S/c27-19-14-31-5-2-18(19)20-9-16(10-22(35-20)26(28,29)30)13-32-12-15-3-7-37(8-4-15)24-33-6-1-17(34-24)11-21-23(38)36-25(39)40-21/h1-2,5-6,9-11,14-15,32H,3-4,7-8,12-13H2,(H,36,38,39). The lowest BCUT2D eigenvalue weighted by Gasteiger charge is -2.32. The van der Waals surface area contributed by atoms with Crippen LogP contribution in [0.2, 0.25) is 0 Å². The maximum atomic E-state index is 14.2. The van der Waals surface area contributed by atoms with Gasteiger partial charge in [0.15, 0.2) is 5.82 Å². The van der Waals surface area contributed by atoms with Gasteiger partial charge in [0, 0.05) is 37.6 Å². The molecule has 5 rings (SSSR count). The Morgan fingerprint density at radius 2 is 1.93 bits per heavy atom. The molecule has 208 valence electrons. The molecule has 3 aromatic heterocycles. The Kier molecular flexibility index (Phi) is 8.07. The molecule has 0 radical (unpaired) electrons. The first-order valence-electron chi connectivity index (χ1n) is 12.4. The molecule has 14 heteroatoms. The minimum absolute atomic E-state index is 0.0454. The van der Waals surface area contributed by atoms with Crippen LogP contribution in [0.15, 0.2) is 47.8 Å². The summed E-state index contributed by atoms with van der Waals surface area (Å²) in [5.74, 6) is -0.398. The summed E-state index contributed by atoms with van der Waals surface area (Å²) in [6.45, 7) is 2.11. The van der Waals surface area contributed by atoms with E-state index in [2.05, 4.69) is 30.6 Å². The number of carbonyl (C=O) groups is 2. The van der Waals surface area contributed by atoms with Gasteiger partial charge >= 0.3 is 6.18 Å². The number of carbonyl (C=O) groups excluding carboxylic acids is 2. The molecular weight excluding hydrogens is 550 g/mol. The third-order valence-electron chi connectivity index (χ3n) is 6.47. The van der Waals surface area contributed by atoms with E-state index < -0.39 is 28.8 Å². The number of aromatic nitrogens is 4. The molecule has 0 atom stereocenters. The quantitative estimate of drug-likeness (QED) is 0.313. The SMILES string of the molecule is O=C1NC(=O)C(=Cc2ccnc(N3CCC(CNCc4cc(-c5ccncc5F)nc(C(F)(F)F)c4)CC3)n2)S1. The molecule has 2 amide bonds. The van der Waals surface area contributed by atoms with E-state index in [-0.39, 0.29) is 28.6 Å². The van der Waals surface area contributed by atoms with Crippen LogP contribution in [0.4, 0.5) is 28.3 Å². The zero-order chi connectivity index (χ0) is 28.3. The van der Waals surface area contributed by atoms with Crippen LogP contribution in [0.1, 0.15) is 29.8 Å². The first-order chi connectivity index (χ1) is 19.2. The number of imide groups is 1. The van der Waals surface area contributed by atoms with Gasteiger partial charge in [0.1, 0.15) is 5.69 Å². The number of nitrogens with one attached hydrogen (secondary N) is 2. The number of alkyl halides is 3. The predicted octanol–water partition coefficient (Wildman–Crippen LogP) is 4.42. The Balaban J connectivity index is 1.18. The van der Waals surface area contributed by atoms with Crippen molar-refractivity contribution < 1.29 is 27.2 Å². The predicted molar refractivity (Wildman–Crippen MR) is 140 cm³/mol. The van der Waals surface area contributed by atoms with Gasteiger partial charge in [-0.1, -0.05) is 0 Å². The van der Waals surface area contributed by atoms with Crippen LogP contribution in [0.3, 0.4) is 0 Å². The molecule has 0 aliphatic carbocycles. The van der Waals surface area contributed by atoms with Gasteiger partial charge in [0.2, 0.25) is 5.95 Å². The number of hydrogen-bond acceptors (Lipinski definition) is 9. The number of halogens is 4. The molecule has 9 nitrogen and oxygen atoms in total. The van der Waals surface area contributed by atoms with Crippen LogP contribution >= 0.6 is 11.8 Å². The molecule has 40 heavy (non-hydrogen) atoms. The summed E-state index contributed by atoms with van der Waals surface area (Å²) in [7, 11) is 0. The van der Waals surface area contributed by atoms with Crippen LogP contribution < -0.4 is 15.5 Å². The molecule has 0 saturated carbocycles. The average Bonchev–Trinajstić information content (AvgIpc) is 3.24. The topological polar surface area (TPSA) is 113 Å². The Bertz CT molecular complexity index is 1460. The fourth-order valence-electron chi connectivity index (χ4n) is 4.46. The van der Waals surface area contributed by atoms with Crippen molar-refractivity contribution in [2.75, 3.05) is 24.5 Å². The molecule has 2 aliphatic rings. The molecule has 2 N–H and O–H groups in total. The minimum atomic E-state index is -4.67. The third-order valence-corrected chi connectivity index (χ3v) is 7.28. The zero-order valence-electron chi connectivity index (χ0n) is 20.9. The van der Waals surface area contributed by atoms with Gasteiger partial charge in [-0.2, -0.15) is 13.2 Å². The van der Waals surface area contributed by atoms with Crippen molar-refractivity contribution in [3.05, 3.63) is 70.5 Å². The number of nitrogens with zero attached hydrogens (tertiary/aromatic N) is 5. The van der Waals surface area contributed by atoms with Crippen molar-refractivity contribution in [3.63, 3.8) is 0 Å². The fourth-order valence-corrected chi connectivity index (χ4v) is 5.13. The Morgan fingerprint density at radius 1 is 1.12 bits per heavy atom. The van der Waals surface area contributed by atoms with Crippen molar-refractivity contribution in [1.29, 1.82) is 0 Å². The van der Waals surface area contributed by atoms with E-state index in [1.807, 2.05) is 4.90 Å². The van der Waals surface area contributed by atoms with Gasteiger partial charge in [-0.05, 0) is 73.0 Å². The number of piperidine rings is 1. The Labute approximate surface area is 230 Å². The second-order valence-corrected chi connectivity index (χ2v) is 10.3. The highest BCUT2D eigenvalue weighted by atomic mass is 32.2. The van der Waals surface area contributed by atoms with E-state index in [0.29, 0.717) is 36.8 Å². The molecule has 3 aromatic rings. The molecule has 0 bridgehead atoms. The number of amides is 2. The summed E-state index contributed by atoms with van der Waals surface area (Å²) >= 11 is 0.820. The summed E-state index contributed by atoms with van der Waals surface area (Å²) in [5, 5.41) is 5.01. The van der Waals surface area contributed by atoms with E-state index in [4.69, 9.17) is 0 Å². The summed E-state index contributed by atoms with van der Waals surface area (Å²) < 4.78 is 54.6. The molecule has 5 heterocycles. The molecule has 2 aliphatic heterocycles. The van der Waals surface area contributed by atoms with Gasteiger partial charge in [-0.25, -0.2) is 19.3 Å². The van der Waals surface area contributed by atoms with Gasteiger partial charge in [-0.3, -0.25) is 19.9 Å². The molecule has 2 saturated heterocycles. The van der Waals surface area contributed by atoms with E-state index in [9.17, 15) is 27.2 Å². The number of pyridine rings is 2. The smallest absolute Gasteiger partial charge is 0.341 e. The lowest BCUT2D eigenvalue weighted by molar-refractivity contribution is -0.141. The number of hydrogen-bond donors (Lipinski definition) is 2. The Morgan fingerprint density at radius 3 is 2.62 bits per heavy atom. The first kappa shape index (κ1) is 27.6. The van der Waals surface area contributed by atoms with Crippen molar-refractivity contribution >= 4 is 34.9 Å². The first-order valence-corrected chi connectivity index (χ1v) is 13.2. The summed E-state index contributed by atoms with van der Waals surface area (Å²) in [4.78, 5) is 41.6. The highest BCUT2D eigenvalue weighted by Gasteiger charge is 2.33. The second-order valence-electron chi connectivity index (χ2n) is 9.29.